The third kappa shape index (κ3) is 3.71. The van der Waals surface area contributed by atoms with E-state index in [4.69, 9.17) is 9.26 Å². The summed E-state index contributed by atoms with van der Waals surface area (Å²) in [4.78, 5) is 16.1. The van der Waals surface area contributed by atoms with Crippen LogP contribution in [0.2, 0.25) is 0 Å². The van der Waals surface area contributed by atoms with E-state index in [1.54, 1.807) is 43.3 Å². The lowest BCUT2D eigenvalue weighted by Crippen LogP contribution is -2.14. The molecule has 1 N–H and O–H groups in total. The van der Waals surface area contributed by atoms with E-state index in [0.29, 0.717) is 22.6 Å². The van der Waals surface area contributed by atoms with Gasteiger partial charge in [-0.2, -0.15) is 0 Å². The monoisotopic (exact) mass is 346 g/mol. The number of nitrogens with zero attached hydrogens (tertiary/aromatic N) is 5. The molecule has 3 heterocycles. The Morgan fingerprint density at radius 1 is 1.46 bits per heavy atom. The summed E-state index contributed by atoms with van der Waals surface area (Å²) in [5.74, 6) is 1.48. The van der Waals surface area contributed by atoms with E-state index in [2.05, 4.69) is 25.7 Å². The van der Waals surface area contributed by atoms with Crippen molar-refractivity contribution in [3.63, 3.8) is 0 Å². The maximum atomic E-state index is 11.9. The molecule has 24 heavy (non-hydrogen) atoms. The van der Waals surface area contributed by atoms with Crippen LogP contribution in [-0.4, -0.2) is 43.7 Å². The first kappa shape index (κ1) is 16.0. The van der Waals surface area contributed by atoms with E-state index >= 15 is 0 Å². The Hall–Kier alpha value is -2.88. The molecule has 9 nitrogen and oxygen atoms in total. The van der Waals surface area contributed by atoms with Gasteiger partial charge in [0.1, 0.15) is 12.1 Å². The van der Waals surface area contributed by atoms with Gasteiger partial charge in [-0.05, 0) is 13.0 Å². The van der Waals surface area contributed by atoms with Crippen molar-refractivity contribution in [1.82, 2.24) is 24.9 Å². The van der Waals surface area contributed by atoms with Crippen molar-refractivity contribution in [3.8, 4) is 11.6 Å². The number of rotatable bonds is 6. The van der Waals surface area contributed by atoms with E-state index < -0.39 is 0 Å². The fourth-order valence-corrected chi connectivity index (χ4v) is 2.60. The molecular weight excluding hydrogens is 332 g/mol. The molecule has 124 valence electrons. The molecule has 3 aromatic heterocycles. The third-order valence-corrected chi connectivity index (χ3v) is 3.90. The number of amides is 1. The Morgan fingerprint density at radius 3 is 3.00 bits per heavy atom. The summed E-state index contributed by atoms with van der Waals surface area (Å²) >= 11 is 1.25. The minimum absolute atomic E-state index is 0.161. The number of nitrogens with one attached hydrogen (secondary N) is 1. The van der Waals surface area contributed by atoms with Gasteiger partial charge in [0.15, 0.2) is 11.0 Å². The molecule has 0 aromatic carbocycles. The van der Waals surface area contributed by atoms with Crippen molar-refractivity contribution in [1.29, 1.82) is 0 Å². The highest BCUT2D eigenvalue weighted by Crippen LogP contribution is 2.20. The van der Waals surface area contributed by atoms with Gasteiger partial charge in [0.25, 0.3) is 0 Å². The van der Waals surface area contributed by atoms with Crippen molar-refractivity contribution < 1.29 is 14.1 Å². The minimum Gasteiger partial charge on any atom is -0.481 e. The van der Waals surface area contributed by atoms with E-state index in [0.717, 1.165) is 5.69 Å². The number of thioether (sulfide) groups is 1. The van der Waals surface area contributed by atoms with Gasteiger partial charge in [-0.3, -0.25) is 9.36 Å². The van der Waals surface area contributed by atoms with E-state index in [1.807, 2.05) is 6.07 Å². The lowest BCUT2D eigenvalue weighted by molar-refractivity contribution is -0.113. The van der Waals surface area contributed by atoms with E-state index in [9.17, 15) is 4.79 Å². The number of pyridine rings is 1. The predicted molar refractivity (Wildman–Crippen MR) is 86.3 cm³/mol. The molecule has 1 amide bonds. The first-order valence-electron chi connectivity index (χ1n) is 6.92. The molecule has 0 aliphatic carbocycles. The van der Waals surface area contributed by atoms with E-state index in [1.165, 1.54) is 11.8 Å². The van der Waals surface area contributed by atoms with Crippen LogP contribution in [0.3, 0.4) is 0 Å². The summed E-state index contributed by atoms with van der Waals surface area (Å²) in [6.45, 7) is 1.75. The smallest absolute Gasteiger partial charge is 0.236 e. The fourth-order valence-electron chi connectivity index (χ4n) is 1.87. The lowest BCUT2D eigenvalue weighted by Gasteiger charge is -2.06. The van der Waals surface area contributed by atoms with Gasteiger partial charge in [-0.25, -0.2) is 4.98 Å². The average Bonchev–Trinajstić information content (AvgIpc) is 3.22. The normalized spacial score (nSPS) is 10.6. The summed E-state index contributed by atoms with van der Waals surface area (Å²) in [6, 6.07) is 5.22. The standard InChI is InChI=1S/C14H14N6O3S/c1-9-5-11(19-23-9)17-12(21)7-24-14-18-16-8-20(14)10-3-4-13(22-2)15-6-10/h3-6,8H,7H2,1-2H3,(H,17,19,21). The lowest BCUT2D eigenvalue weighted by atomic mass is 10.4. The van der Waals surface area contributed by atoms with Gasteiger partial charge in [0.2, 0.25) is 11.8 Å². The van der Waals surface area contributed by atoms with Gasteiger partial charge in [0.05, 0.1) is 24.7 Å². The maximum Gasteiger partial charge on any atom is 0.236 e. The van der Waals surface area contributed by atoms with E-state index in [-0.39, 0.29) is 11.7 Å². The molecule has 0 spiro atoms. The predicted octanol–water partition coefficient (Wildman–Crippen LogP) is 1.70. The number of aryl methyl sites for hydroxylation is 1. The van der Waals surface area contributed by atoms with Crippen molar-refractivity contribution in [2.45, 2.75) is 12.1 Å². The Bertz CT molecular complexity index is 829. The van der Waals surface area contributed by atoms with Crippen LogP contribution in [-0.2, 0) is 4.79 Å². The number of hydrogen-bond donors (Lipinski definition) is 1. The van der Waals surface area contributed by atoms with Crippen molar-refractivity contribution in [2.24, 2.45) is 0 Å². The number of carbonyl (C=O) groups is 1. The van der Waals surface area contributed by atoms with Gasteiger partial charge in [-0.1, -0.05) is 16.9 Å². The molecular formula is C14H14N6O3S. The maximum absolute atomic E-state index is 11.9. The summed E-state index contributed by atoms with van der Waals surface area (Å²) in [6.07, 6.45) is 3.20. The van der Waals surface area contributed by atoms with Crippen molar-refractivity contribution in [2.75, 3.05) is 18.2 Å². The molecule has 0 radical (unpaired) electrons. The molecule has 3 aromatic rings. The molecule has 0 aliphatic heterocycles. The first-order valence-corrected chi connectivity index (χ1v) is 7.90. The van der Waals surface area contributed by atoms with Crippen LogP contribution in [0.15, 0.2) is 40.4 Å². The SMILES string of the molecule is COc1ccc(-n2cnnc2SCC(=O)Nc2cc(C)on2)cn1. The van der Waals surface area contributed by atoms with Crippen LogP contribution in [0.5, 0.6) is 5.88 Å². The number of aromatic nitrogens is 5. The van der Waals surface area contributed by atoms with Crippen LogP contribution < -0.4 is 10.1 Å². The van der Waals surface area contributed by atoms with Crippen LogP contribution in [0, 0.1) is 6.92 Å². The molecule has 0 atom stereocenters. The van der Waals surface area contributed by atoms with Gasteiger partial charge in [0, 0.05) is 12.1 Å². The van der Waals surface area contributed by atoms with Gasteiger partial charge in [-0.15, -0.1) is 10.2 Å². The number of anilines is 1. The molecule has 3 rings (SSSR count). The number of hydrogen-bond acceptors (Lipinski definition) is 8. The zero-order chi connectivity index (χ0) is 16.9. The molecule has 0 saturated carbocycles. The number of ether oxygens (including phenoxy) is 1. The van der Waals surface area contributed by atoms with Crippen LogP contribution in [0.1, 0.15) is 5.76 Å². The average molecular weight is 346 g/mol. The van der Waals surface area contributed by atoms with Crippen LogP contribution in [0.4, 0.5) is 5.82 Å². The molecule has 0 bridgehead atoms. The second-order valence-electron chi connectivity index (χ2n) is 4.70. The van der Waals surface area contributed by atoms with Gasteiger partial charge >= 0.3 is 0 Å². The highest BCUT2D eigenvalue weighted by atomic mass is 32.2. The zero-order valence-electron chi connectivity index (χ0n) is 13.0. The molecule has 0 fully saturated rings. The van der Waals surface area contributed by atoms with Crippen molar-refractivity contribution in [3.05, 3.63) is 36.5 Å². The highest BCUT2D eigenvalue weighted by Gasteiger charge is 2.12. The summed E-state index contributed by atoms with van der Waals surface area (Å²) in [5.41, 5.74) is 0.774. The van der Waals surface area contributed by atoms with Crippen LogP contribution >= 0.6 is 11.8 Å². The topological polar surface area (TPSA) is 108 Å². The summed E-state index contributed by atoms with van der Waals surface area (Å²) in [7, 11) is 1.55. The van der Waals surface area contributed by atoms with Crippen molar-refractivity contribution >= 4 is 23.5 Å². The Kier molecular flexibility index (Phi) is 4.75. The second-order valence-corrected chi connectivity index (χ2v) is 5.64. The quantitative estimate of drug-likeness (QED) is 0.672. The Morgan fingerprint density at radius 2 is 2.33 bits per heavy atom. The second kappa shape index (κ2) is 7.13. The third-order valence-electron chi connectivity index (χ3n) is 2.95. The highest BCUT2D eigenvalue weighted by molar-refractivity contribution is 7.99. The Labute approximate surface area is 141 Å². The summed E-state index contributed by atoms with van der Waals surface area (Å²) < 4.78 is 11.7. The number of carbonyl (C=O) groups excluding carboxylic acids is 1. The first-order chi connectivity index (χ1) is 11.7. The molecule has 0 aliphatic rings. The zero-order valence-corrected chi connectivity index (χ0v) is 13.8. The largest absolute Gasteiger partial charge is 0.481 e. The molecule has 0 unspecified atom stereocenters. The minimum atomic E-state index is -0.212. The van der Waals surface area contributed by atoms with Gasteiger partial charge < -0.3 is 14.6 Å². The molecule has 0 saturated heterocycles. The fraction of sp³-hybridized carbons (Fsp3) is 0.214. The Balaban J connectivity index is 1.63. The van der Waals surface area contributed by atoms with Crippen LogP contribution in [0.25, 0.3) is 5.69 Å². The number of methoxy groups -OCH3 is 1. The molecule has 10 heteroatoms. The summed E-state index contributed by atoms with van der Waals surface area (Å²) in [5, 5.41) is 14.8.